The zero-order valence-electron chi connectivity index (χ0n) is 10.3. The number of rotatable bonds is 4. The van der Waals surface area contributed by atoms with Crippen LogP contribution in [0, 0.1) is 6.92 Å². The number of ether oxygens (including phenoxy) is 1. The Morgan fingerprint density at radius 3 is 2.78 bits per heavy atom. The lowest BCUT2D eigenvalue weighted by atomic mass is 10.2. The van der Waals surface area contributed by atoms with Gasteiger partial charge in [0.2, 0.25) is 0 Å². The molecule has 0 saturated carbocycles. The van der Waals surface area contributed by atoms with Gasteiger partial charge in [-0.15, -0.1) is 0 Å². The molecular formula is C13H14N2O2S. The summed E-state index contributed by atoms with van der Waals surface area (Å²) in [4.78, 5) is 16.3. The van der Waals surface area contributed by atoms with Crippen molar-refractivity contribution in [2.75, 3.05) is 12.4 Å². The van der Waals surface area contributed by atoms with E-state index in [4.69, 9.17) is 4.74 Å². The molecule has 0 spiro atoms. The number of esters is 1. The number of methoxy groups -OCH3 is 1. The van der Waals surface area contributed by atoms with Gasteiger partial charge < -0.3 is 10.1 Å². The highest BCUT2D eigenvalue weighted by atomic mass is 32.1. The quantitative estimate of drug-likeness (QED) is 0.861. The first-order chi connectivity index (χ1) is 8.70. The molecule has 0 bridgehead atoms. The van der Waals surface area contributed by atoms with Gasteiger partial charge >= 0.3 is 5.97 Å². The number of hydrogen-bond donors (Lipinski definition) is 1. The van der Waals surface area contributed by atoms with Crippen molar-refractivity contribution >= 4 is 22.4 Å². The van der Waals surface area contributed by atoms with Crippen LogP contribution >= 0.6 is 11.3 Å². The molecule has 0 aliphatic rings. The fourth-order valence-corrected chi connectivity index (χ4v) is 2.41. The van der Waals surface area contributed by atoms with Crippen LogP contribution in [0.3, 0.4) is 0 Å². The van der Waals surface area contributed by atoms with E-state index in [2.05, 4.69) is 10.3 Å². The number of anilines is 1. The molecule has 0 saturated heterocycles. The average molecular weight is 262 g/mol. The Labute approximate surface area is 110 Å². The molecular weight excluding hydrogens is 248 g/mol. The van der Waals surface area contributed by atoms with Gasteiger partial charge in [0.15, 0.2) is 5.13 Å². The summed E-state index contributed by atoms with van der Waals surface area (Å²) in [6.45, 7) is 2.49. The molecule has 1 aromatic heterocycles. The molecule has 0 radical (unpaired) electrons. The molecule has 94 valence electrons. The first kappa shape index (κ1) is 12.6. The van der Waals surface area contributed by atoms with Crippen LogP contribution in [0.15, 0.2) is 30.3 Å². The molecule has 0 amide bonds. The van der Waals surface area contributed by atoms with E-state index in [0.717, 1.165) is 5.13 Å². The van der Waals surface area contributed by atoms with E-state index in [0.29, 0.717) is 17.1 Å². The molecule has 0 aliphatic carbocycles. The minimum atomic E-state index is -0.335. The van der Waals surface area contributed by atoms with Gasteiger partial charge in [-0.3, -0.25) is 0 Å². The van der Waals surface area contributed by atoms with Crippen LogP contribution in [-0.2, 0) is 11.3 Å². The standard InChI is InChI=1S/C13H14N2O2S/c1-9-11(12(16)17-2)18-13(15-9)14-8-10-6-4-3-5-7-10/h3-7H,8H2,1-2H3,(H,14,15). The molecule has 5 heteroatoms. The minimum Gasteiger partial charge on any atom is -0.465 e. The molecule has 0 atom stereocenters. The zero-order valence-corrected chi connectivity index (χ0v) is 11.1. The highest BCUT2D eigenvalue weighted by Gasteiger charge is 2.15. The molecule has 18 heavy (non-hydrogen) atoms. The van der Waals surface area contributed by atoms with Crippen molar-refractivity contribution in [3.05, 3.63) is 46.5 Å². The Bertz CT molecular complexity index is 537. The lowest BCUT2D eigenvalue weighted by molar-refractivity contribution is 0.0605. The predicted octanol–water partition coefficient (Wildman–Crippen LogP) is 2.85. The molecule has 0 unspecified atom stereocenters. The number of thiazole rings is 1. The summed E-state index contributed by atoms with van der Waals surface area (Å²) in [7, 11) is 1.37. The van der Waals surface area contributed by atoms with E-state index >= 15 is 0 Å². The van der Waals surface area contributed by atoms with Crippen LogP contribution in [0.2, 0.25) is 0 Å². The normalized spacial score (nSPS) is 10.1. The number of benzene rings is 1. The largest absolute Gasteiger partial charge is 0.465 e. The number of aromatic nitrogens is 1. The van der Waals surface area contributed by atoms with Gasteiger partial charge in [-0.2, -0.15) is 0 Å². The van der Waals surface area contributed by atoms with E-state index in [1.54, 1.807) is 6.92 Å². The maximum atomic E-state index is 11.4. The van der Waals surface area contributed by atoms with Crippen LogP contribution in [0.25, 0.3) is 0 Å². The molecule has 0 fully saturated rings. The van der Waals surface area contributed by atoms with Crippen molar-refractivity contribution in [3.8, 4) is 0 Å². The van der Waals surface area contributed by atoms with Gasteiger partial charge in [0.05, 0.1) is 12.8 Å². The number of nitrogens with zero attached hydrogens (tertiary/aromatic N) is 1. The Hall–Kier alpha value is -1.88. The number of nitrogens with one attached hydrogen (secondary N) is 1. The Kier molecular flexibility index (Phi) is 3.94. The van der Waals surface area contributed by atoms with Gasteiger partial charge in [-0.1, -0.05) is 41.7 Å². The summed E-state index contributed by atoms with van der Waals surface area (Å²) < 4.78 is 4.70. The van der Waals surface area contributed by atoms with E-state index < -0.39 is 0 Å². The van der Waals surface area contributed by atoms with Crippen LogP contribution in [0.5, 0.6) is 0 Å². The van der Waals surface area contributed by atoms with E-state index in [9.17, 15) is 4.79 Å². The molecule has 1 aromatic carbocycles. The second-order valence-corrected chi connectivity index (χ2v) is 4.76. The van der Waals surface area contributed by atoms with Gasteiger partial charge in [0.1, 0.15) is 4.88 Å². The van der Waals surface area contributed by atoms with Crippen molar-refractivity contribution in [1.29, 1.82) is 0 Å². The predicted molar refractivity (Wildman–Crippen MR) is 72.0 cm³/mol. The summed E-state index contributed by atoms with van der Waals surface area (Å²) in [6.07, 6.45) is 0. The lowest BCUT2D eigenvalue weighted by Crippen LogP contribution is -1.99. The summed E-state index contributed by atoms with van der Waals surface area (Å²) in [5, 5.41) is 3.93. The van der Waals surface area contributed by atoms with E-state index in [1.807, 2.05) is 30.3 Å². The molecule has 4 nitrogen and oxygen atoms in total. The van der Waals surface area contributed by atoms with E-state index in [1.165, 1.54) is 24.0 Å². The highest BCUT2D eigenvalue weighted by molar-refractivity contribution is 7.17. The topological polar surface area (TPSA) is 51.2 Å². The maximum Gasteiger partial charge on any atom is 0.350 e. The summed E-state index contributed by atoms with van der Waals surface area (Å²) in [5.41, 5.74) is 1.87. The third kappa shape index (κ3) is 2.87. The molecule has 1 N–H and O–H groups in total. The van der Waals surface area contributed by atoms with Gasteiger partial charge in [0, 0.05) is 6.54 Å². The third-order valence-corrected chi connectivity index (χ3v) is 3.55. The van der Waals surface area contributed by atoms with Crippen molar-refractivity contribution in [2.45, 2.75) is 13.5 Å². The van der Waals surface area contributed by atoms with Crippen LogP contribution < -0.4 is 5.32 Å². The summed E-state index contributed by atoms with van der Waals surface area (Å²) >= 11 is 1.31. The van der Waals surface area contributed by atoms with Crippen molar-refractivity contribution in [3.63, 3.8) is 0 Å². The Morgan fingerprint density at radius 1 is 1.39 bits per heavy atom. The minimum absolute atomic E-state index is 0.335. The second-order valence-electron chi connectivity index (χ2n) is 3.76. The zero-order chi connectivity index (χ0) is 13.0. The SMILES string of the molecule is COC(=O)c1sc(NCc2ccccc2)nc1C. The smallest absolute Gasteiger partial charge is 0.350 e. The summed E-state index contributed by atoms with van der Waals surface area (Å²) in [6, 6.07) is 10.0. The van der Waals surface area contributed by atoms with Crippen LogP contribution in [0.1, 0.15) is 20.9 Å². The van der Waals surface area contributed by atoms with Crippen LogP contribution in [0.4, 0.5) is 5.13 Å². The number of carbonyl (C=O) groups excluding carboxylic acids is 1. The Balaban J connectivity index is 2.05. The number of hydrogen-bond acceptors (Lipinski definition) is 5. The van der Waals surface area contributed by atoms with Crippen molar-refractivity contribution in [2.24, 2.45) is 0 Å². The monoisotopic (exact) mass is 262 g/mol. The van der Waals surface area contributed by atoms with Crippen molar-refractivity contribution in [1.82, 2.24) is 4.98 Å². The Morgan fingerprint density at radius 2 is 2.11 bits per heavy atom. The number of carbonyl (C=O) groups is 1. The maximum absolute atomic E-state index is 11.4. The van der Waals surface area contributed by atoms with Gasteiger partial charge in [0.25, 0.3) is 0 Å². The average Bonchev–Trinajstić information content (AvgIpc) is 2.78. The fraction of sp³-hybridized carbons (Fsp3) is 0.231. The highest BCUT2D eigenvalue weighted by Crippen LogP contribution is 2.23. The molecule has 2 rings (SSSR count). The fourth-order valence-electron chi connectivity index (χ4n) is 1.53. The lowest BCUT2D eigenvalue weighted by Gasteiger charge is -2.01. The molecule has 2 aromatic rings. The third-order valence-electron chi connectivity index (χ3n) is 2.45. The first-order valence-corrected chi connectivity index (χ1v) is 6.36. The van der Waals surface area contributed by atoms with Crippen molar-refractivity contribution < 1.29 is 9.53 Å². The molecule has 1 heterocycles. The van der Waals surface area contributed by atoms with Crippen LogP contribution in [-0.4, -0.2) is 18.1 Å². The molecule has 0 aliphatic heterocycles. The van der Waals surface area contributed by atoms with Gasteiger partial charge in [-0.05, 0) is 12.5 Å². The second kappa shape index (κ2) is 5.64. The first-order valence-electron chi connectivity index (χ1n) is 5.54. The summed E-state index contributed by atoms with van der Waals surface area (Å²) in [5.74, 6) is -0.335. The number of aryl methyl sites for hydroxylation is 1. The van der Waals surface area contributed by atoms with E-state index in [-0.39, 0.29) is 5.97 Å². The van der Waals surface area contributed by atoms with Gasteiger partial charge in [-0.25, -0.2) is 9.78 Å².